The monoisotopic (exact) mass is 395 g/mol. The highest BCUT2D eigenvalue weighted by molar-refractivity contribution is 7.89. The van der Waals surface area contributed by atoms with Crippen LogP contribution >= 0.6 is 0 Å². The molecule has 0 aliphatic rings. The number of non-ortho nitro benzene ring substituents is 1. The Morgan fingerprint density at radius 1 is 1.19 bits per heavy atom. The fraction of sp³-hybridized carbons (Fsp3) is 0.188. The predicted molar refractivity (Wildman–Crippen MR) is 96.2 cm³/mol. The van der Waals surface area contributed by atoms with Crippen molar-refractivity contribution < 1.29 is 27.6 Å². The van der Waals surface area contributed by atoms with Crippen molar-refractivity contribution in [3.05, 3.63) is 52.6 Å². The van der Waals surface area contributed by atoms with E-state index >= 15 is 0 Å². The molecular formula is C16H17N3O7S. The largest absolute Gasteiger partial charge is 0.493 e. The first kappa shape index (κ1) is 20.1. The van der Waals surface area contributed by atoms with Crippen LogP contribution in [0.25, 0.3) is 0 Å². The average molecular weight is 395 g/mol. The van der Waals surface area contributed by atoms with Crippen LogP contribution in [0.3, 0.4) is 0 Å². The summed E-state index contributed by atoms with van der Waals surface area (Å²) in [7, 11) is -2.46. The lowest BCUT2D eigenvalue weighted by Crippen LogP contribution is -2.30. The molecule has 2 aromatic carbocycles. The summed E-state index contributed by atoms with van der Waals surface area (Å²) in [5, 5.41) is 18.4. The van der Waals surface area contributed by atoms with E-state index in [0.717, 1.165) is 6.07 Å². The third-order valence-corrected chi connectivity index (χ3v) is 4.41. The highest BCUT2D eigenvalue weighted by Crippen LogP contribution is 2.32. The summed E-state index contributed by atoms with van der Waals surface area (Å²) >= 11 is 0. The van der Waals surface area contributed by atoms with Gasteiger partial charge in [0.2, 0.25) is 10.0 Å². The van der Waals surface area contributed by atoms with E-state index in [1.165, 1.54) is 50.4 Å². The molecule has 0 bridgehead atoms. The van der Waals surface area contributed by atoms with Crippen LogP contribution in [0, 0.1) is 10.1 Å². The number of amides is 1. The first-order valence-corrected chi connectivity index (χ1v) is 9.09. The number of anilines is 1. The molecule has 11 heteroatoms. The van der Waals surface area contributed by atoms with Gasteiger partial charge in [0.1, 0.15) is 0 Å². The second kappa shape index (κ2) is 8.01. The van der Waals surface area contributed by atoms with Gasteiger partial charge in [-0.15, -0.1) is 0 Å². The summed E-state index contributed by atoms with van der Waals surface area (Å²) in [5.74, 6) is -0.274. The first-order chi connectivity index (χ1) is 12.6. The molecule has 0 aliphatic heterocycles. The maximum atomic E-state index is 12.3. The molecule has 1 amide bonds. The quantitative estimate of drug-likeness (QED) is 0.534. The van der Waals surface area contributed by atoms with Gasteiger partial charge in [0.25, 0.3) is 11.6 Å². The summed E-state index contributed by atoms with van der Waals surface area (Å²) in [6, 6.07) is 9.02. The number of sulfonamides is 1. The molecule has 1 atom stereocenters. The van der Waals surface area contributed by atoms with E-state index < -0.39 is 27.0 Å². The number of nitro benzene ring substituents is 1. The Kier molecular flexibility index (Phi) is 5.98. The number of nitro groups is 1. The van der Waals surface area contributed by atoms with E-state index in [0.29, 0.717) is 5.69 Å². The number of rotatable bonds is 7. The van der Waals surface area contributed by atoms with E-state index in [4.69, 9.17) is 14.6 Å². The molecule has 2 aromatic rings. The van der Waals surface area contributed by atoms with Crippen molar-refractivity contribution in [2.24, 2.45) is 5.14 Å². The van der Waals surface area contributed by atoms with E-state index in [1.54, 1.807) is 0 Å². The van der Waals surface area contributed by atoms with Gasteiger partial charge in [-0.25, -0.2) is 13.6 Å². The Morgan fingerprint density at radius 2 is 1.81 bits per heavy atom. The topological polar surface area (TPSA) is 151 Å². The summed E-state index contributed by atoms with van der Waals surface area (Å²) in [6.07, 6.45) is -1.01. The van der Waals surface area contributed by atoms with Gasteiger partial charge in [0, 0.05) is 11.8 Å². The number of carbonyl (C=O) groups is 1. The molecule has 0 aliphatic carbocycles. The Bertz CT molecular complexity index is 958. The van der Waals surface area contributed by atoms with Crippen LogP contribution in [0.5, 0.6) is 11.5 Å². The number of nitrogens with one attached hydrogen (secondary N) is 1. The first-order valence-electron chi connectivity index (χ1n) is 7.54. The SMILES string of the molecule is COc1ccc([N+](=O)[O-])cc1OC(C)C(=O)Nc1ccc(S(N)(=O)=O)cc1. The number of hydrogen-bond acceptors (Lipinski definition) is 7. The number of nitrogens with zero attached hydrogens (tertiary/aromatic N) is 1. The lowest BCUT2D eigenvalue weighted by Gasteiger charge is -2.16. The van der Waals surface area contributed by atoms with Crippen molar-refractivity contribution in [2.45, 2.75) is 17.9 Å². The van der Waals surface area contributed by atoms with Crippen molar-refractivity contribution in [1.82, 2.24) is 0 Å². The van der Waals surface area contributed by atoms with Crippen molar-refractivity contribution in [3.63, 3.8) is 0 Å². The molecular weight excluding hydrogens is 378 g/mol. The molecule has 0 saturated carbocycles. The fourth-order valence-corrected chi connectivity index (χ4v) is 2.60. The number of nitrogens with two attached hydrogens (primary N) is 1. The third-order valence-electron chi connectivity index (χ3n) is 3.48. The van der Waals surface area contributed by atoms with E-state index in [-0.39, 0.29) is 22.1 Å². The molecule has 0 fully saturated rings. The van der Waals surface area contributed by atoms with E-state index in [9.17, 15) is 23.3 Å². The molecule has 0 aromatic heterocycles. The molecule has 0 radical (unpaired) electrons. The Hall–Kier alpha value is -3.18. The van der Waals surface area contributed by atoms with Crippen LogP contribution in [0.2, 0.25) is 0 Å². The van der Waals surface area contributed by atoms with Gasteiger partial charge in [-0.2, -0.15) is 0 Å². The molecule has 3 N–H and O–H groups in total. The third kappa shape index (κ3) is 5.15. The lowest BCUT2D eigenvalue weighted by molar-refractivity contribution is -0.385. The van der Waals surface area contributed by atoms with E-state index in [2.05, 4.69) is 5.32 Å². The average Bonchev–Trinajstić information content (AvgIpc) is 2.61. The minimum Gasteiger partial charge on any atom is -0.493 e. The number of benzene rings is 2. The Labute approximate surface area is 155 Å². The smallest absolute Gasteiger partial charge is 0.273 e. The van der Waals surface area contributed by atoms with Gasteiger partial charge in [-0.1, -0.05) is 0 Å². The summed E-state index contributed by atoms with van der Waals surface area (Å²) in [5.41, 5.74) is 0.117. The highest BCUT2D eigenvalue weighted by atomic mass is 32.2. The van der Waals surface area contributed by atoms with Crippen LogP contribution in [-0.2, 0) is 14.8 Å². The molecule has 27 heavy (non-hydrogen) atoms. The van der Waals surface area contributed by atoms with Gasteiger partial charge in [-0.05, 0) is 37.3 Å². The maximum absolute atomic E-state index is 12.3. The molecule has 10 nitrogen and oxygen atoms in total. The van der Waals surface area contributed by atoms with Crippen LogP contribution in [0.1, 0.15) is 6.92 Å². The van der Waals surface area contributed by atoms with Crippen molar-refractivity contribution in [1.29, 1.82) is 0 Å². The zero-order valence-corrected chi connectivity index (χ0v) is 15.2. The zero-order chi connectivity index (χ0) is 20.2. The molecule has 144 valence electrons. The Morgan fingerprint density at radius 3 is 2.33 bits per heavy atom. The van der Waals surface area contributed by atoms with Gasteiger partial charge in [0.15, 0.2) is 17.6 Å². The van der Waals surface area contributed by atoms with E-state index in [1.807, 2.05) is 0 Å². The van der Waals surface area contributed by atoms with Gasteiger partial charge < -0.3 is 14.8 Å². The standard InChI is InChI=1S/C16H17N3O7S/c1-10(26-15-9-12(19(21)22)5-8-14(15)25-2)16(20)18-11-3-6-13(7-4-11)27(17,23)24/h3-10H,1-2H3,(H,18,20)(H2,17,23,24). The normalized spacial score (nSPS) is 12.1. The van der Waals surface area contributed by atoms with Crippen molar-refractivity contribution >= 4 is 27.3 Å². The number of methoxy groups -OCH3 is 1. The highest BCUT2D eigenvalue weighted by Gasteiger charge is 2.20. The second-order valence-corrected chi connectivity index (χ2v) is 6.97. The predicted octanol–water partition coefficient (Wildman–Crippen LogP) is 1.66. The van der Waals surface area contributed by atoms with Gasteiger partial charge >= 0.3 is 0 Å². The minimum atomic E-state index is -3.83. The molecule has 0 heterocycles. The maximum Gasteiger partial charge on any atom is 0.273 e. The number of carbonyl (C=O) groups excluding carboxylic acids is 1. The molecule has 0 saturated heterocycles. The number of hydrogen-bond donors (Lipinski definition) is 2. The number of ether oxygens (including phenoxy) is 2. The molecule has 1 unspecified atom stereocenters. The summed E-state index contributed by atoms with van der Waals surface area (Å²) in [4.78, 5) is 22.5. The van der Waals surface area contributed by atoms with Gasteiger partial charge in [-0.3, -0.25) is 14.9 Å². The summed E-state index contributed by atoms with van der Waals surface area (Å²) in [6.45, 7) is 1.45. The molecule has 0 spiro atoms. The number of primary sulfonamides is 1. The van der Waals surface area contributed by atoms with Gasteiger partial charge in [0.05, 0.1) is 23.0 Å². The van der Waals surface area contributed by atoms with Crippen LogP contribution < -0.4 is 19.9 Å². The fourth-order valence-electron chi connectivity index (χ4n) is 2.09. The Balaban J connectivity index is 2.12. The second-order valence-electron chi connectivity index (χ2n) is 5.41. The van der Waals surface area contributed by atoms with Crippen LogP contribution in [0.15, 0.2) is 47.4 Å². The zero-order valence-electron chi connectivity index (χ0n) is 14.4. The van der Waals surface area contributed by atoms with Crippen LogP contribution in [0.4, 0.5) is 11.4 Å². The summed E-state index contributed by atoms with van der Waals surface area (Å²) < 4.78 is 33.0. The minimum absolute atomic E-state index is 0.0407. The lowest BCUT2D eigenvalue weighted by atomic mass is 10.2. The van der Waals surface area contributed by atoms with Crippen LogP contribution in [-0.4, -0.2) is 32.5 Å². The van der Waals surface area contributed by atoms with Crippen molar-refractivity contribution in [3.8, 4) is 11.5 Å². The van der Waals surface area contributed by atoms with Crippen molar-refractivity contribution in [2.75, 3.05) is 12.4 Å². The molecule has 2 rings (SSSR count).